The number of nitrogens with one attached hydrogen (secondary N) is 1. The molecule has 0 radical (unpaired) electrons. The molecule has 0 spiro atoms. The van der Waals surface area contributed by atoms with Gasteiger partial charge >= 0.3 is 0 Å². The van der Waals surface area contributed by atoms with Crippen LogP contribution < -0.4 is 10.5 Å². The third-order valence-electron chi connectivity index (χ3n) is 3.19. The monoisotopic (exact) mass is 258 g/mol. The molecule has 19 heavy (non-hydrogen) atoms. The molecule has 0 saturated heterocycles. The molecule has 1 amide bonds. The predicted molar refractivity (Wildman–Crippen MR) is 68.8 cm³/mol. The smallest absolute Gasteiger partial charge is 0.274 e. The lowest BCUT2D eigenvalue weighted by atomic mass is 10.1. The van der Waals surface area contributed by atoms with Gasteiger partial charge < -0.3 is 9.88 Å². The molecule has 4 nitrogen and oxygen atoms in total. The summed E-state index contributed by atoms with van der Waals surface area (Å²) < 4.78 is 13.3. The summed E-state index contributed by atoms with van der Waals surface area (Å²) in [6, 6.07) is 8.83. The summed E-state index contributed by atoms with van der Waals surface area (Å²) in [5.41, 5.74) is 1.40. The molecule has 0 saturated carbocycles. The Morgan fingerprint density at radius 2 is 2.11 bits per heavy atom. The highest BCUT2D eigenvalue weighted by Crippen LogP contribution is 2.29. The van der Waals surface area contributed by atoms with Crippen LogP contribution in [0, 0.1) is 5.82 Å². The number of rotatable bonds is 1. The maximum atomic E-state index is 13.3. The minimum absolute atomic E-state index is 0.213. The highest BCUT2D eigenvalue weighted by atomic mass is 19.1. The van der Waals surface area contributed by atoms with Crippen molar-refractivity contribution in [2.24, 2.45) is 0 Å². The standard InChI is InChI=1S/C14H11FN2O2/c15-10-5-4-9-6-7-17(12(9)8-10)14(19)11-2-1-3-13(18)16-11/h1-5,8H,6-7H2,(H,16,18). The van der Waals surface area contributed by atoms with Crippen LogP contribution in [0.1, 0.15) is 16.1 Å². The Labute approximate surface area is 108 Å². The van der Waals surface area contributed by atoms with E-state index in [1.165, 1.54) is 29.2 Å². The molecule has 0 aliphatic carbocycles. The van der Waals surface area contributed by atoms with E-state index in [2.05, 4.69) is 4.98 Å². The highest BCUT2D eigenvalue weighted by molar-refractivity contribution is 6.06. The number of hydrogen-bond acceptors (Lipinski definition) is 2. The van der Waals surface area contributed by atoms with E-state index >= 15 is 0 Å². The van der Waals surface area contributed by atoms with Crippen LogP contribution in [0.2, 0.25) is 0 Å². The molecule has 0 fully saturated rings. The second-order valence-corrected chi connectivity index (χ2v) is 4.41. The molecule has 1 aliphatic heterocycles. The van der Waals surface area contributed by atoms with Crippen molar-refractivity contribution in [3.8, 4) is 0 Å². The van der Waals surface area contributed by atoms with Crippen LogP contribution >= 0.6 is 0 Å². The van der Waals surface area contributed by atoms with Crippen molar-refractivity contribution in [3.05, 3.63) is 63.8 Å². The van der Waals surface area contributed by atoms with Gasteiger partial charge in [0, 0.05) is 12.6 Å². The van der Waals surface area contributed by atoms with E-state index in [1.54, 1.807) is 12.1 Å². The van der Waals surface area contributed by atoms with Gasteiger partial charge in [0.15, 0.2) is 0 Å². The first-order chi connectivity index (χ1) is 9.15. The van der Waals surface area contributed by atoms with Gasteiger partial charge in [0.05, 0.1) is 5.69 Å². The van der Waals surface area contributed by atoms with Crippen molar-refractivity contribution in [2.75, 3.05) is 11.4 Å². The Morgan fingerprint density at radius 3 is 2.89 bits per heavy atom. The fourth-order valence-electron chi connectivity index (χ4n) is 2.28. The quantitative estimate of drug-likeness (QED) is 0.846. The number of hydrogen-bond donors (Lipinski definition) is 1. The molecule has 1 aliphatic rings. The van der Waals surface area contributed by atoms with Crippen LogP contribution in [0.4, 0.5) is 10.1 Å². The summed E-state index contributed by atoms with van der Waals surface area (Å²) in [4.78, 5) is 27.5. The number of carbonyl (C=O) groups is 1. The lowest BCUT2D eigenvalue weighted by Gasteiger charge is -2.17. The number of aromatic amines is 1. The fraction of sp³-hybridized carbons (Fsp3) is 0.143. The molecular formula is C14H11FN2O2. The Bertz CT molecular complexity index is 709. The van der Waals surface area contributed by atoms with E-state index < -0.39 is 0 Å². The van der Waals surface area contributed by atoms with Crippen LogP contribution in [-0.2, 0) is 6.42 Å². The number of carbonyl (C=O) groups excluding carboxylic acids is 1. The van der Waals surface area contributed by atoms with Gasteiger partial charge in [-0.2, -0.15) is 0 Å². The van der Waals surface area contributed by atoms with Gasteiger partial charge in [-0.3, -0.25) is 9.59 Å². The van der Waals surface area contributed by atoms with Gasteiger partial charge in [-0.25, -0.2) is 4.39 Å². The lowest BCUT2D eigenvalue weighted by Crippen LogP contribution is -2.30. The Balaban J connectivity index is 2.00. The van der Waals surface area contributed by atoms with Gasteiger partial charge in [-0.15, -0.1) is 0 Å². The van der Waals surface area contributed by atoms with Crippen molar-refractivity contribution in [1.29, 1.82) is 0 Å². The Hall–Kier alpha value is -2.43. The van der Waals surface area contributed by atoms with Crippen LogP contribution in [0.15, 0.2) is 41.2 Å². The maximum absolute atomic E-state index is 13.3. The van der Waals surface area contributed by atoms with Crippen molar-refractivity contribution in [3.63, 3.8) is 0 Å². The van der Waals surface area contributed by atoms with Gasteiger partial charge in [0.2, 0.25) is 5.56 Å². The zero-order valence-corrected chi connectivity index (χ0v) is 10.0. The number of fused-ring (bicyclic) bond motifs is 1. The minimum Gasteiger partial charge on any atom is -0.318 e. The summed E-state index contributed by atoms with van der Waals surface area (Å²) in [6.07, 6.45) is 0.693. The fourth-order valence-corrected chi connectivity index (χ4v) is 2.28. The number of amides is 1. The third kappa shape index (κ3) is 2.03. The summed E-state index contributed by atoms with van der Waals surface area (Å²) in [6.45, 7) is 0.495. The van der Waals surface area contributed by atoms with Gasteiger partial charge in [0.25, 0.3) is 5.91 Å². The summed E-state index contributed by atoms with van der Waals surface area (Å²) in [7, 11) is 0. The van der Waals surface area contributed by atoms with E-state index in [4.69, 9.17) is 0 Å². The van der Waals surface area contributed by atoms with Gasteiger partial charge in [-0.05, 0) is 30.2 Å². The minimum atomic E-state index is -0.375. The van der Waals surface area contributed by atoms with E-state index in [0.717, 1.165) is 5.56 Å². The molecule has 96 valence electrons. The molecule has 0 bridgehead atoms. The molecule has 0 atom stereocenters. The normalized spacial score (nSPS) is 13.4. The second-order valence-electron chi connectivity index (χ2n) is 4.41. The van der Waals surface area contributed by atoms with Crippen molar-refractivity contribution < 1.29 is 9.18 Å². The van der Waals surface area contributed by atoms with Crippen LogP contribution in [0.3, 0.4) is 0 Å². The lowest BCUT2D eigenvalue weighted by molar-refractivity contribution is 0.0984. The average molecular weight is 258 g/mol. The number of nitrogens with zero attached hydrogens (tertiary/aromatic N) is 1. The summed E-state index contributed by atoms with van der Waals surface area (Å²) in [5, 5.41) is 0. The number of halogens is 1. The molecule has 1 aromatic heterocycles. The molecular weight excluding hydrogens is 247 g/mol. The third-order valence-corrected chi connectivity index (χ3v) is 3.19. The number of pyridine rings is 1. The van der Waals surface area contributed by atoms with Crippen LogP contribution in [0.25, 0.3) is 0 Å². The second kappa shape index (κ2) is 4.35. The molecule has 2 aromatic rings. The highest BCUT2D eigenvalue weighted by Gasteiger charge is 2.26. The van der Waals surface area contributed by atoms with Gasteiger partial charge in [0.1, 0.15) is 11.5 Å². The van der Waals surface area contributed by atoms with E-state index in [1.807, 2.05) is 0 Å². The largest absolute Gasteiger partial charge is 0.318 e. The SMILES string of the molecule is O=C(c1cccc(=O)[nH]1)N1CCc2ccc(F)cc21. The number of benzene rings is 1. The Kier molecular flexibility index (Phi) is 2.67. The van der Waals surface area contributed by atoms with Gasteiger partial charge in [-0.1, -0.05) is 12.1 Å². The molecule has 1 aromatic carbocycles. The maximum Gasteiger partial charge on any atom is 0.274 e. The van der Waals surface area contributed by atoms with Crippen molar-refractivity contribution in [1.82, 2.24) is 4.98 Å². The van der Waals surface area contributed by atoms with E-state index in [9.17, 15) is 14.0 Å². The molecule has 2 heterocycles. The number of H-pyrrole nitrogens is 1. The molecule has 3 rings (SSSR count). The predicted octanol–water partition coefficient (Wildman–Crippen LogP) is 1.72. The van der Waals surface area contributed by atoms with Crippen LogP contribution in [-0.4, -0.2) is 17.4 Å². The first-order valence-electron chi connectivity index (χ1n) is 5.95. The summed E-state index contributed by atoms with van der Waals surface area (Å²) in [5.74, 6) is -0.693. The molecule has 5 heteroatoms. The van der Waals surface area contributed by atoms with Crippen LogP contribution in [0.5, 0.6) is 0 Å². The van der Waals surface area contributed by atoms with Crippen molar-refractivity contribution >= 4 is 11.6 Å². The first-order valence-corrected chi connectivity index (χ1v) is 5.95. The average Bonchev–Trinajstić information content (AvgIpc) is 2.80. The van der Waals surface area contributed by atoms with E-state index in [0.29, 0.717) is 18.7 Å². The Morgan fingerprint density at radius 1 is 1.26 bits per heavy atom. The number of aromatic nitrogens is 1. The summed E-state index contributed by atoms with van der Waals surface area (Å²) >= 11 is 0. The van der Waals surface area contributed by atoms with Crippen molar-refractivity contribution in [2.45, 2.75) is 6.42 Å². The molecule has 1 N–H and O–H groups in total. The zero-order valence-electron chi connectivity index (χ0n) is 10.0. The zero-order chi connectivity index (χ0) is 13.4. The van der Waals surface area contributed by atoms with E-state index in [-0.39, 0.29) is 23.0 Å². The first kappa shape index (κ1) is 11.6. The molecule has 0 unspecified atom stereocenters. The number of anilines is 1. The topological polar surface area (TPSA) is 53.2 Å².